The summed E-state index contributed by atoms with van der Waals surface area (Å²) >= 11 is 0. The summed E-state index contributed by atoms with van der Waals surface area (Å²) < 4.78 is 12.8. The molecular formula is C8H10FNO. The molecule has 0 spiro atoms. The third-order valence-electron chi connectivity index (χ3n) is 1.49. The fourth-order valence-electron chi connectivity index (χ4n) is 0.836. The van der Waals surface area contributed by atoms with E-state index in [1.165, 1.54) is 18.3 Å². The van der Waals surface area contributed by atoms with Crippen LogP contribution in [0.1, 0.15) is 25.1 Å². The Morgan fingerprint density at radius 2 is 2.45 bits per heavy atom. The van der Waals surface area contributed by atoms with Crippen molar-refractivity contribution in [3.63, 3.8) is 0 Å². The fraction of sp³-hybridized carbons (Fsp3) is 0.375. The third-order valence-corrected chi connectivity index (χ3v) is 1.49. The van der Waals surface area contributed by atoms with Gasteiger partial charge in [-0.1, -0.05) is 6.92 Å². The Bertz CT molecular complexity index is 239. The van der Waals surface area contributed by atoms with Crippen LogP contribution in [0.25, 0.3) is 0 Å². The Kier molecular flexibility index (Phi) is 2.54. The van der Waals surface area contributed by atoms with Gasteiger partial charge in [0.25, 0.3) is 0 Å². The molecule has 1 atom stereocenters. The number of nitrogens with zero attached hydrogens (tertiary/aromatic N) is 1. The molecule has 0 aliphatic rings. The molecule has 0 aliphatic heterocycles. The second-order valence-electron chi connectivity index (χ2n) is 2.29. The highest BCUT2D eigenvalue weighted by atomic mass is 19.1. The molecule has 3 heteroatoms. The van der Waals surface area contributed by atoms with Crippen LogP contribution in [0.2, 0.25) is 0 Å². The number of halogens is 1. The van der Waals surface area contributed by atoms with Crippen molar-refractivity contribution in [2.24, 2.45) is 0 Å². The maximum atomic E-state index is 12.8. The van der Waals surface area contributed by atoms with Gasteiger partial charge in [-0.25, -0.2) is 4.39 Å². The van der Waals surface area contributed by atoms with Gasteiger partial charge in [-0.05, 0) is 18.6 Å². The number of rotatable bonds is 2. The minimum Gasteiger partial charge on any atom is -0.387 e. The number of aliphatic hydroxyl groups excluding tert-OH is 1. The number of aromatic nitrogens is 1. The van der Waals surface area contributed by atoms with E-state index < -0.39 is 11.9 Å². The second-order valence-corrected chi connectivity index (χ2v) is 2.29. The van der Waals surface area contributed by atoms with Crippen LogP contribution in [0.15, 0.2) is 18.3 Å². The van der Waals surface area contributed by atoms with Crippen molar-refractivity contribution in [2.75, 3.05) is 0 Å². The van der Waals surface area contributed by atoms with E-state index in [-0.39, 0.29) is 5.69 Å². The number of pyridine rings is 1. The summed E-state index contributed by atoms with van der Waals surface area (Å²) in [5, 5.41) is 9.21. The lowest BCUT2D eigenvalue weighted by Gasteiger charge is -2.06. The van der Waals surface area contributed by atoms with Gasteiger partial charge in [0, 0.05) is 6.20 Å². The third kappa shape index (κ3) is 1.74. The summed E-state index contributed by atoms with van der Waals surface area (Å²) in [5.41, 5.74) is 0.134. The van der Waals surface area contributed by atoms with Crippen LogP contribution in [-0.2, 0) is 0 Å². The van der Waals surface area contributed by atoms with Crippen molar-refractivity contribution >= 4 is 0 Å². The van der Waals surface area contributed by atoms with Gasteiger partial charge in [0.1, 0.15) is 11.5 Å². The molecule has 0 bridgehead atoms. The maximum absolute atomic E-state index is 12.8. The van der Waals surface area contributed by atoms with Crippen LogP contribution in [-0.4, -0.2) is 10.1 Å². The lowest BCUT2D eigenvalue weighted by atomic mass is 10.2. The van der Waals surface area contributed by atoms with E-state index in [4.69, 9.17) is 0 Å². The lowest BCUT2D eigenvalue weighted by Crippen LogP contribution is -2.01. The van der Waals surface area contributed by atoms with Crippen molar-refractivity contribution in [2.45, 2.75) is 19.4 Å². The van der Waals surface area contributed by atoms with Gasteiger partial charge >= 0.3 is 0 Å². The predicted octanol–water partition coefficient (Wildman–Crippen LogP) is 1.66. The zero-order valence-corrected chi connectivity index (χ0v) is 6.29. The molecule has 60 valence electrons. The average Bonchev–Trinajstić information content (AvgIpc) is 2.04. The van der Waals surface area contributed by atoms with Gasteiger partial charge in [0.2, 0.25) is 0 Å². The maximum Gasteiger partial charge on any atom is 0.147 e. The highest BCUT2D eigenvalue weighted by Crippen LogP contribution is 2.15. The van der Waals surface area contributed by atoms with Crippen molar-refractivity contribution in [3.05, 3.63) is 29.8 Å². The number of aliphatic hydroxyl groups is 1. The summed E-state index contributed by atoms with van der Waals surface area (Å²) in [6.45, 7) is 1.78. The SMILES string of the molecule is CC[C@@H](O)c1ncccc1F. The normalized spacial score (nSPS) is 13.0. The first kappa shape index (κ1) is 8.14. The molecule has 1 aromatic heterocycles. The Balaban J connectivity index is 2.93. The Morgan fingerprint density at radius 3 is 3.00 bits per heavy atom. The molecule has 0 saturated heterocycles. The molecule has 1 rings (SSSR count). The summed E-state index contributed by atoms with van der Waals surface area (Å²) in [6, 6.07) is 2.79. The van der Waals surface area contributed by atoms with E-state index in [1.807, 2.05) is 0 Å². The molecule has 0 aromatic carbocycles. The van der Waals surface area contributed by atoms with Gasteiger partial charge in [0.15, 0.2) is 0 Å². The molecule has 11 heavy (non-hydrogen) atoms. The minimum atomic E-state index is -0.781. The van der Waals surface area contributed by atoms with E-state index in [1.54, 1.807) is 6.92 Å². The van der Waals surface area contributed by atoms with Gasteiger partial charge in [-0.15, -0.1) is 0 Å². The lowest BCUT2D eigenvalue weighted by molar-refractivity contribution is 0.163. The van der Waals surface area contributed by atoms with Crippen LogP contribution in [0.5, 0.6) is 0 Å². The summed E-state index contributed by atoms with van der Waals surface area (Å²) in [4.78, 5) is 3.72. The van der Waals surface area contributed by atoms with E-state index in [2.05, 4.69) is 4.98 Å². The first-order valence-corrected chi connectivity index (χ1v) is 3.54. The van der Waals surface area contributed by atoms with Gasteiger partial charge in [-0.3, -0.25) is 4.98 Å². The molecule has 1 aromatic rings. The smallest absolute Gasteiger partial charge is 0.147 e. The molecule has 0 unspecified atom stereocenters. The van der Waals surface area contributed by atoms with E-state index in [0.29, 0.717) is 6.42 Å². The predicted molar refractivity (Wildman–Crippen MR) is 39.4 cm³/mol. The van der Waals surface area contributed by atoms with Gasteiger partial charge < -0.3 is 5.11 Å². The molecule has 1 heterocycles. The highest BCUT2D eigenvalue weighted by Gasteiger charge is 2.10. The largest absolute Gasteiger partial charge is 0.387 e. The molecule has 0 fully saturated rings. The van der Waals surface area contributed by atoms with E-state index in [0.717, 1.165) is 0 Å². The Labute approximate surface area is 64.7 Å². The van der Waals surface area contributed by atoms with Crippen LogP contribution in [0.3, 0.4) is 0 Å². The first-order chi connectivity index (χ1) is 5.25. The second kappa shape index (κ2) is 3.44. The highest BCUT2D eigenvalue weighted by molar-refractivity contribution is 5.09. The zero-order chi connectivity index (χ0) is 8.27. The fourth-order valence-corrected chi connectivity index (χ4v) is 0.836. The molecule has 2 nitrogen and oxygen atoms in total. The summed E-state index contributed by atoms with van der Waals surface area (Å²) in [5.74, 6) is -0.443. The molecule has 1 N–H and O–H groups in total. The molecule has 0 aliphatic carbocycles. The average molecular weight is 155 g/mol. The standard InChI is InChI=1S/C8H10FNO/c1-2-7(11)8-6(9)4-3-5-10-8/h3-5,7,11H,2H2,1H3/t7-/m1/s1. The Morgan fingerprint density at radius 1 is 1.73 bits per heavy atom. The zero-order valence-electron chi connectivity index (χ0n) is 6.29. The van der Waals surface area contributed by atoms with Crippen molar-refractivity contribution in [3.8, 4) is 0 Å². The number of hydrogen-bond donors (Lipinski definition) is 1. The first-order valence-electron chi connectivity index (χ1n) is 3.54. The molecule has 0 radical (unpaired) electrons. The molecule has 0 saturated carbocycles. The van der Waals surface area contributed by atoms with Crippen LogP contribution >= 0.6 is 0 Å². The quantitative estimate of drug-likeness (QED) is 0.704. The van der Waals surface area contributed by atoms with Crippen LogP contribution < -0.4 is 0 Å². The molecule has 0 amide bonds. The van der Waals surface area contributed by atoms with E-state index >= 15 is 0 Å². The van der Waals surface area contributed by atoms with Gasteiger partial charge in [0.05, 0.1) is 6.10 Å². The Hall–Kier alpha value is -0.960. The van der Waals surface area contributed by atoms with Crippen LogP contribution in [0.4, 0.5) is 4.39 Å². The monoisotopic (exact) mass is 155 g/mol. The summed E-state index contributed by atoms with van der Waals surface area (Å²) in [7, 11) is 0. The van der Waals surface area contributed by atoms with E-state index in [9.17, 15) is 9.50 Å². The van der Waals surface area contributed by atoms with Crippen molar-refractivity contribution in [1.29, 1.82) is 0 Å². The molecular weight excluding hydrogens is 145 g/mol. The minimum absolute atomic E-state index is 0.134. The van der Waals surface area contributed by atoms with Crippen LogP contribution in [0, 0.1) is 5.82 Å². The van der Waals surface area contributed by atoms with Crippen molar-refractivity contribution in [1.82, 2.24) is 4.98 Å². The van der Waals surface area contributed by atoms with Crippen molar-refractivity contribution < 1.29 is 9.50 Å². The van der Waals surface area contributed by atoms with Gasteiger partial charge in [-0.2, -0.15) is 0 Å². The summed E-state index contributed by atoms with van der Waals surface area (Å²) in [6.07, 6.45) is 1.17. The number of hydrogen-bond acceptors (Lipinski definition) is 2. The topological polar surface area (TPSA) is 33.1 Å².